The fourth-order valence-electron chi connectivity index (χ4n) is 3.66. The highest BCUT2D eigenvalue weighted by Gasteiger charge is 2.67. The van der Waals surface area contributed by atoms with Crippen LogP contribution in [0.2, 0.25) is 0 Å². The zero-order valence-electron chi connectivity index (χ0n) is 18.0. The second kappa shape index (κ2) is 8.03. The number of rotatable bonds is 6. The number of carbonyl (C=O) groups excluding carboxylic acids is 2. The molecule has 4 rings (SSSR count). The first-order valence-corrected chi connectivity index (χ1v) is 9.99. The molecule has 3 aromatic rings. The van der Waals surface area contributed by atoms with Crippen LogP contribution in [0.4, 0.5) is 24.9 Å². The quantitative estimate of drug-likeness (QED) is 0.486. The number of ether oxygens (including phenoxy) is 1. The Hall–Kier alpha value is -3.67. The van der Waals surface area contributed by atoms with Crippen LogP contribution in [-0.2, 0) is 15.2 Å². The van der Waals surface area contributed by atoms with Crippen molar-refractivity contribution in [3.05, 3.63) is 47.2 Å². The van der Waals surface area contributed by atoms with Crippen molar-refractivity contribution in [2.75, 3.05) is 30.9 Å². The number of alkyl halides is 3. The SMILES string of the molecule is COCCNc1cccc(C(=O)NC2(C(F)(F)F)C(=O)Nc3nc4cc(C)c(C)cc4n32)n1. The zero-order valence-corrected chi connectivity index (χ0v) is 18.0. The van der Waals surface area contributed by atoms with Gasteiger partial charge in [-0.1, -0.05) is 6.07 Å². The molecule has 1 aliphatic rings. The van der Waals surface area contributed by atoms with Gasteiger partial charge in [0.1, 0.15) is 11.5 Å². The van der Waals surface area contributed by atoms with Gasteiger partial charge in [-0.3, -0.25) is 19.5 Å². The first-order valence-electron chi connectivity index (χ1n) is 9.99. The van der Waals surface area contributed by atoms with E-state index in [1.165, 1.54) is 25.3 Å². The third-order valence-corrected chi connectivity index (χ3v) is 5.46. The minimum atomic E-state index is -5.18. The van der Waals surface area contributed by atoms with E-state index < -0.39 is 23.7 Å². The molecule has 0 spiro atoms. The minimum absolute atomic E-state index is 0.0621. The van der Waals surface area contributed by atoms with Crippen molar-refractivity contribution in [3.63, 3.8) is 0 Å². The molecule has 1 atom stereocenters. The first kappa shape index (κ1) is 22.5. The van der Waals surface area contributed by atoms with Crippen LogP contribution in [0.3, 0.4) is 0 Å². The lowest BCUT2D eigenvalue weighted by Crippen LogP contribution is -2.63. The molecule has 3 heterocycles. The van der Waals surface area contributed by atoms with Gasteiger partial charge in [0.15, 0.2) is 0 Å². The van der Waals surface area contributed by atoms with E-state index in [2.05, 4.69) is 20.6 Å². The summed E-state index contributed by atoms with van der Waals surface area (Å²) in [5.41, 5.74) is -1.82. The largest absolute Gasteiger partial charge is 0.440 e. The Morgan fingerprint density at radius 2 is 1.94 bits per heavy atom. The fourth-order valence-corrected chi connectivity index (χ4v) is 3.66. The van der Waals surface area contributed by atoms with Gasteiger partial charge >= 0.3 is 6.18 Å². The lowest BCUT2D eigenvalue weighted by molar-refractivity contribution is -0.213. The number of pyridine rings is 1. The van der Waals surface area contributed by atoms with Crippen LogP contribution in [0.1, 0.15) is 21.6 Å². The molecule has 2 amide bonds. The number of aromatic nitrogens is 3. The molecule has 0 bridgehead atoms. The Labute approximate surface area is 186 Å². The van der Waals surface area contributed by atoms with Gasteiger partial charge in [0.25, 0.3) is 17.5 Å². The Bertz CT molecular complexity index is 1260. The third kappa shape index (κ3) is 3.65. The van der Waals surface area contributed by atoms with Crippen LogP contribution < -0.4 is 16.0 Å². The number of halogens is 3. The maximum Gasteiger partial charge on any atom is 0.440 e. The van der Waals surface area contributed by atoms with Crippen molar-refractivity contribution in [3.8, 4) is 0 Å². The second-order valence-electron chi connectivity index (χ2n) is 7.64. The standard InChI is InChI=1S/C21H21F3N6O3/c1-11-9-14-15(10-12(11)2)30-19(27-14)28-18(32)20(30,21(22,23)24)29-17(31)13-5-4-6-16(26-13)25-7-8-33-3/h4-6,9-10H,7-8H2,1-3H3,(H,25,26)(H,29,31)(H,27,28,32). The van der Waals surface area contributed by atoms with E-state index in [1.54, 1.807) is 26.0 Å². The van der Waals surface area contributed by atoms with Crippen LogP contribution in [0, 0.1) is 13.8 Å². The summed E-state index contributed by atoms with van der Waals surface area (Å²) in [6, 6.07) is 7.42. The molecule has 1 aromatic carbocycles. The predicted molar refractivity (Wildman–Crippen MR) is 114 cm³/mol. The van der Waals surface area contributed by atoms with Crippen LogP contribution in [0.5, 0.6) is 0 Å². The highest BCUT2D eigenvalue weighted by atomic mass is 19.4. The maximum absolute atomic E-state index is 14.5. The second-order valence-corrected chi connectivity index (χ2v) is 7.64. The van der Waals surface area contributed by atoms with Gasteiger partial charge in [0.05, 0.1) is 17.6 Å². The monoisotopic (exact) mass is 462 g/mol. The summed E-state index contributed by atoms with van der Waals surface area (Å²) in [6.07, 6.45) is -5.18. The molecule has 1 aliphatic heterocycles. The summed E-state index contributed by atoms with van der Waals surface area (Å²) < 4.78 is 49.2. The molecule has 9 nitrogen and oxygen atoms in total. The summed E-state index contributed by atoms with van der Waals surface area (Å²) in [4.78, 5) is 33.8. The summed E-state index contributed by atoms with van der Waals surface area (Å²) >= 11 is 0. The number of aryl methyl sites for hydroxylation is 2. The Kier molecular flexibility index (Phi) is 5.48. The topological polar surface area (TPSA) is 110 Å². The van der Waals surface area contributed by atoms with Crippen molar-refractivity contribution in [2.45, 2.75) is 25.7 Å². The predicted octanol–water partition coefficient (Wildman–Crippen LogP) is 2.70. The minimum Gasteiger partial charge on any atom is -0.383 e. The van der Waals surface area contributed by atoms with E-state index in [0.29, 0.717) is 23.3 Å². The number of hydrogen-bond acceptors (Lipinski definition) is 6. The smallest absolute Gasteiger partial charge is 0.383 e. The fraction of sp³-hybridized carbons (Fsp3) is 0.333. The van der Waals surface area contributed by atoms with E-state index in [1.807, 2.05) is 5.32 Å². The van der Waals surface area contributed by atoms with Crippen LogP contribution in [0.15, 0.2) is 30.3 Å². The number of methoxy groups -OCH3 is 1. The Morgan fingerprint density at radius 3 is 2.64 bits per heavy atom. The molecule has 3 N–H and O–H groups in total. The lowest BCUT2D eigenvalue weighted by atomic mass is 10.1. The Balaban J connectivity index is 1.78. The van der Waals surface area contributed by atoms with Crippen molar-refractivity contribution in [1.82, 2.24) is 19.9 Å². The number of carbonyl (C=O) groups is 2. The van der Waals surface area contributed by atoms with Gasteiger partial charge in [-0.2, -0.15) is 13.2 Å². The van der Waals surface area contributed by atoms with E-state index in [0.717, 1.165) is 5.56 Å². The number of nitrogens with zero attached hydrogens (tertiary/aromatic N) is 3. The number of nitrogens with one attached hydrogen (secondary N) is 3. The highest BCUT2D eigenvalue weighted by Crippen LogP contribution is 2.44. The van der Waals surface area contributed by atoms with Crippen LogP contribution in [0.25, 0.3) is 11.0 Å². The molecular weight excluding hydrogens is 441 g/mol. The molecule has 0 fully saturated rings. The number of fused-ring (bicyclic) bond motifs is 3. The number of benzene rings is 1. The molecule has 12 heteroatoms. The number of imidazole rings is 1. The summed E-state index contributed by atoms with van der Waals surface area (Å²) in [5, 5.41) is 6.95. The van der Waals surface area contributed by atoms with Gasteiger partial charge in [0.2, 0.25) is 5.95 Å². The third-order valence-electron chi connectivity index (χ3n) is 5.46. The molecule has 0 saturated heterocycles. The van der Waals surface area contributed by atoms with Crippen LogP contribution >= 0.6 is 0 Å². The van der Waals surface area contributed by atoms with Gasteiger partial charge in [-0.05, 0) is 49.2 Å². The zero-order chi connectivity index (χ0) is 24.0. The molecule has 0 aliphatic carbocycles. The van der Waals surface area contributed by atoms with Crippen molar-refractivity contribution < 1.29 is 27.5 Å². The molecule has 0 radical (unpaired) electrons. The molecule has 1 unspecified atom stereocenters. The van der Waals surface area contributed by atoms with E-state index >= 15 is 0 Å². The lowest BCUT2D eigenvalue weighted by Gasteiger charge is -2.31. The molecule has 0 saturated carbocycles. The van der Waals surface area contributed by atoms with Crippen molar-refractivity contribution in [1.29, 1.82) is 0 Å². The van der Waals surface area contributed by atoms with Gasteiger partial charge in [-0.25, -0.2) is 9.97 Å². The molecular formula is C21H21F3N6O3. The molecule has 2 aromatic heterocycles. The highest BCUT2D eigenvalue weighted by molar-refractivity contribution is 6.06. The summed E-state index contributed by atoms with van der Waals surface area (Å²) in [5.74, 6) is -2.66. The van der Waals surface area contributed by atoms with Crippen molar-refractivity contribution in [2.24, 2.45) is 0 Å². The first-order chi connectivity index (χ1) is 15.6. The van der Waals surface area contributed by atoms with Gasteiger partial charge in [0, 0.05) is 13.7 Å². The van der Waals surface area contributed by atoms with E-state index in [4.69, 9.17) is 4.74 Å². The molecule has 33 heavy (non-hydrogen) atoms. The molecule has 174 valence electrons. The summed E-state index contributed by atoms with van der Waals surface area (Å²) in [6.45, 7) is 4.28. The Morgan fingerprint density at radius 1 is 1.21 bits per heavy atom. The van der Waals surface area contributed by atoms with E-state index in [-0.39, 0.29) is 28.5 Å². The van der Waals surface area contributed by atoms with Crippen LogP contribution in [-0.4, -0.2) is 52.8 Å². The average molecular weight is 462 g/mol. The van der Waals surface area contributed by atoms with Crippen molar-refractivity contribution >= 4 is 34.6 Å². The normalized spacial score (nSPS) is 17.7. The summed E-state index contributed by atoms with van der Waals surface area (Å²) in [7, 11) is 1.51. The van der Waals surface area contributed by atoms with Gasteiger partial charge < -0.3 is 15.4 Å². The average Bonchev–Trinajstić information content (AvgIpc) is 3.22. The number of hydrogen-bond donors (Lipinski definition) is 3. The van der Waals surface area contributed by atoms with E-state index in [9.17, 15) is 22.8 Å². The number of amides is 2. The maximum atomic E-state index is 14.5. The number of anilines is 2. The van der Waals surface area contributed by atoms with Gasteiger partial charge in [-0.15, -0.1) is 0 Å².